The fourth-order valence-corrected chi connectivity index (χ4v) is 1.86. The SMILES string of the molecule is COC(OC)c1cccc(-c2ccnc(Cl)n2)c1. The first-order valence-corrected chi connectivity index (χ1v) is 5.77. The van der Waals surface area contributed by atoms with Crippen molar-refractivity contribution in [1.82, 2.24) is 9.97 Å². The van der Waals surface area contributed by atoms with Crippen LogP contribution in [0.3, 0.4) is 0 Å². The molecule has 5 heteroatoms. The van der Waals surface area contributed by atoms with E-state index in [2.05, 4.69) is 9.97 Å². The van der Waals surface area contributed by atoms with Gasteiger partial charge >= 0.3 is 0 Å². The molecule has 0 radical (unpaired) electrons. The maximum absolute atomic E-state index is 5.78. The number of aromatic nitrogens is 2. The Morgan fingerprint density at radius 2 is 1.94 bits per heavy atom. The standard InChI is InChI=1S/C13H13ClN2O2/c1-17-12(18-2)10-5-3-4-9(8-10)11-6-7-15-13(14)16-11/h3-8,12H,1-2H3. The van der Waals surface area contributed by atoms with Crippen molar-refractivity contribution in [2.24, 2.45) is 0 Å². The van der Waals surface area contributed by atoms with Gasteiger partial charge in [-0.2, -0.15) is 0 Å². The van der Waals surface area contributed by atoms with Gasteiger partial charge in [-0.25, -0.2) is 9.97 Å². The van der Waals surface area contributed by atoms with Crippen LogP contribution in [0.5, 0.6) is 0 Å². The van der Waals surface area contributed by atoms with Gasteiger partial charge in [-0.1, -0.05) is 18.2 Å². The molecule has 94 valence electrons. The average molecular weight is 265 g/mol. The van der Waals surface area contributed by atoms with Crippen LogP contribution in [0.25, 0.3) is 11.3 Å². The third-order valence-electron chi connectivity index (χ3n) is 2.51. The molecule has 0 aliphatic rings. The molecule has 0 bridgehead atoms. The van der Waals surface area contributed by atoms with E-state index in [9.17, 15) is 0 Å². The van der Waals surface area contributed by atoms with Gasteiger partial charge in [-0.3, -0.25) is 0 Å². The van der Waals surface area contributed by atoms with Gasteiger partial charge in [0.1, 0.15) is 0 Å². The number of rotatable bonds is 4. The van der Waals surface area contributed by atoms with Gasteiger partial charge < -0.3 is 9.47 Å². The van der Waals surface area contributed by atoms with Crippen LogP contribution in [0.2, 0.25) is 5.28 Å². The van der Waals surface area contributed by atoms with E-state index in [0.29, 0.717) is 0 Å². The molecule has 0 fully saturated rings. The zero-order chi connectivity index (χ0) is 13.0. The average Bonchev–Trinajstić information content (AvgIpc) is 2.41. The Morgan fingerprint density at radius 3 is 2.61 bits per heavy atom. The van der Waals surface area contributed by atoms with Gasteiger partial charge in [0.05, 0.1) is 5.69 Å². The topological polar surface area (TPSA) is 44.2 Å². The van der Waals surface area contributed by atoms with Crippen molar-refractivity contribution in [2.75, 3.05) is 14.2 Å². The summed E-state index contributed by atoms with van der Waals surface area (Å²) < 4.78 is 10.4. The minimum Gasteiger partial charge on any atom is -0.352 e. The summed E-state index contributed by atoms with van der Waals surface area (Å²) in [4.78, 5) is 8.03. The molecule has 1 heterocycles. The number of halogens is 1. The number of hydrogen-bond donors (Lipinski definition) is 0. The summed E-state index contributed by atoms with van der Waals surface area (Å²) in [5.41, 5.74) is 2.63. The minimum atomic E-state index is -0.387. The predicted molar refractivity (Wildman–Crippen MR) is 69.2 cm³/mol. The summed E-state index contributed by atoms with van der Waals surface area (Å²) in [6.07, 6.45) is 1.24. The van der Waals surface area contributed by atoms with E-state index in [4.69, 9.17) is 21.1 Å². The minimum absolute atomic E-state index is 0.230. The lowest BCUT2D eigenvalue weighted by atomic mass is 10.1. The van der Waals surface area contributed by atoms with E-state index in [-0.39, 0.29) is 11.6 Å². The van der Waals surface area contributed by atoms with Gasteiger partial charge in [0.25, 0.3) is 0 Å². The van der Waals surface area contributed by atoms with Gasteiger partial charge in [-0.15, -0.1) is 0 Å². The number of nitrogens with zero attached hydrogens (tertiary/aromatic N) is 2. The Balaban J connectivity index is 2.38. The number of hydrogen-bond acceptors (Lipinski definition) is 4. The van der Waals surface area contributed by atoms with Gasteiger partial charge in [0.15, 0.2) is 6.29 Å². The Morgan fingerprint density at radius 1 is 1.17 bits per heavy atom. The maximum atomic E-state index is 5.78. The molecule has 1 aromatic carbocycles. The smallest absolute Gasteiger partial charge is 0.222 e. The number of benzene rings is 1. The summed E-state index contributed by atoms with van der Waals surface area (Å²) in [6.45, 7) is 0. The molecule has 4 nitrogen and oxygen atoms in total. The monoisotopic (exact) mass is 264 g/mol. The molecule has 0 aliphatic heterocycles. The lowest BCUT2D eigenvalue weighted by molar-refractivity contribution is -0.105. The molecule has 0 N–H and O–H groups in total. The molecular weight excluding hydrogens is 252 g/mol. The van der Waals surface area contributed by atoms with Crippen LogP contribution in [0.1, 0.15) is 11.9 Å². The summed E-state index contributed by atoms with van der Waals surface area (Å²) in [6, 6.07) is 9.57. The molecule has 0 saturated heterocycles. The fourth-order valence-electron chi connectivity index (χ4n) is 1.71. The second-order valence-corrected chi connectivity index (χ2v) is 3.98. The molecule has 0 unspecified atom stereocenters. The van der Waals surface area contributed by atoms with Crippen molar-refractivity contribution in [3.63, 3.8) is 0 Å². The summed E-state index contributed by atoms with van der Waals surface area (Å²) >= 11 is 5.78. The fraction of sp³-hybridized carbons (Fsp3) is 0.231. The van der Waals surface area contributed by atoms with Crippen LogP contribution in [-0.4, -0.2) is 24.2 Å². The van der Waals surface area contributed by atoms with Gasteiger partial charge in [-0.05, 0) is 23.7 Å². The van der Waals surface area contributed by atoms with Crippen molar-refractivity contribution >= 4 is 11.6 Å². The second kappa shape index (κ2) is 5.91. The van der Waals surface area contributed by atoms with Crippen molar-refractivity contribution < 1.29 is 9.47 Å². The second-order valence-electron chi connectivity index (χ2n) is 3.64. The van der Waals surface area contributed by atoms with Crippen LogP contribution < -0.4 is 0 Å². The summed E-state index contributed by atoms with van der Waals surface area (Å²) in [5.74, 6) is 0. The van der Waals surface area contributed by atoms with Crippen LogP contribution in [-0.2, 0) is 9.47 Å². The number of ether oxygens (including phenoxy) is 2. The highest BCUT2D eigenvalue weighted by Crippen LogP contribution is 2.24. The van der Waals surface area contributed by atoms with E-state index in [0.717, 1.165) is 16.8 Å². The molecule has 2 rings (SSSR count). The zero-order valence-corrected chi connectivity index (χ0v) is 10.9. The summed E-state index contributed by atoms with van der Waals surface area (Å²) in [5, 5.41) is 0.230. The highest BCUT2D eigenvalue weighted by molar-refractivity contribution is 6.28. The van der Waals surface area contributed by atoms with Crippen LogP contribution in [0, 0.1) is 0 Å². The predicted octanol–water partition coefficient (Wildman–Crippen LogP) is 3.09. The van der Waals surface area contributed by atoms with E-state index in [1.165, 1.54) is 0 Å². The van der Waals surface area contributed by atoms with Crippen LogP contribution >= 0.6 is 11.6 Å². The Labute approximate surface area is 111 Å². The largest absolute Gasteiger partial charge is 0.352 e. The third-order valence-corrected chi connectivity index (χ3v) is 2.69. The van der Waals surface area contributed by atoms with Crippen molar-refractivity contribution in [2.45, 2.75) is 6.29 Å². The molecule has 0 atom stereocenters. The quantitative estimate of drug-likeness (QED) is 0.629. The normalized spacial score (nSPS) is 10.9. The Bertz CT molecular complexity index is 530. The number of methoxy groups -OCH3 is 2. The first-order valence-electron chi connectivity index (χ1n) is 5.39. The molecule has 0 spiro atoms. The highest BCUT2D eigenvalue weighted by atomic mass is 35.5. The van der Waals surface area contributed by atoms with Gasteiger partial charge in [0.2, 0.25) is 5.28 Å². The molecule has 0 aliphatic carbocycles. The lowest BCUT2D eigenvalue weighted by Gasteiger charge is -2.14. The van der Waals surface area contributed by atoms with Crippen molar-refractivity contribution in [3.05, 3.63) is 47.4 Å². The van der Waals surface area contributed by atoms with Crippen molar-refractivity contribution in [1.29, 1.82) is 0 Å². The van der Waals surface area contributed by atoms with E-state index in [1.807, 2.05) is 24.3 Å². The lowest BCUT2D eigenvalue weighted by Crippen LogP contribution is -2.03. The van der Waals surface area contributed by atoms with E-state index in [1.54, 1.807) is 26.5 Å². The Kier molecular flexibility index (Phi) is 4.25. The van der Waals surface area contributed by atoms with Gasteiger partial charge in [0, 0.05) is 31.5 Å². The molecule has 0 saturated carbocycles. The molecule has 18 heavy (non-hydrogen) atoms. The molecule has 1 aromatic heterocycles. The van der Waals surface area contributed by atoms with Crippen LogP contribution in [0.15, 0.2) is 36.5 Å². The first kappa shape index (κ1) is 13.0. The highest BCUT2D eigenvalue weighted by Gasteiger charge is 2.10. The maximum Gasteiger partial charge on any atom is 0.222 e. The third kappa shape index (κ3) is 2.85. The Hall–Kier alpha value is -1.49. The van der Waals surface area contributed by atoms with Crippen molar-refractivity contribution in [3.8, 4) is 11.3 Å². The zero-order valence-electron chi connectivity index (χ0n) is 10.1. The van der Waals surface area contributed by atoms with E-state index >= 15 is 0 Å². The first-order chi connectivity index (χ1) is 8.74. The molecule has 2 aromatic rings. The molecule has 0 amide bonds. The van der Waals surface area contributed by atoms with E-state index < -0.39 is 0 Å². The summed E-state index contributed by atoms with van der Waals surface area (Å²) in [7, 11) is 3.20. The van der Waals surface area contributed by atoms with Crippen LogP contribution in [0.4, 0.5) is 0 Å². The molecular formula is C13H13ClN2O2.